The zero-order valence-corrected chi connectivity index (χ0v) is 10.9. The van der Waals surface area contributed by atoms with Gasteiger partial charge in [0.1, 0.15) is 0 Å². The molecule has 0 aliphatic heterocycles. The lowest BCUT2D eigenvalue weighted by Gasteiger charge is -2.51. The summed E-state index contributed by atoms with van der Waals surface area (Å²) in [5.74, 6) is 0.643. The summed E-state index contributed by atoms with van der Waals surface area (Å²) in [6, 6.07) is 0. The molecular formula is C15H26O. The second-order valence-corrected chi connectivity index (χ2v) is 5.58. The second-order valence-electron chi connectivity index (χ2n) is 5.58. The van der Waals surface area contributed by atoms with E-state index in [1.54, 1.807) is 0 Å². The quantitative estimate of drug-likeness (QED) is 0.643. The van der Waals surface area contributed by atoms with Gasteiger partial charge in [-0.2, -0.15) is 0 Å². The highest BCUT2D eigenvalue weighted by Crippen LogP contribution is 2.55. The third-order valence-electron chi connectivity index (χ3n) is 4.15. The van der Waals surface area contributed by atoms with Crippen LogP contribution in [0.15, 0.2) is 24.3 Å². The van der Waals surface area contributed by atoms with Crippen molar-refractivity contribution < 1.29 is 5.11 Å². The highest BCUT2D eigenvalue weighted by molar-refractivity contribution is 5.11. The summed E-state index contributed by atoms with van der Waals surface area (Å²) in [7, 11) is 0. The van der Waals surface area contributed by atoms with Crippen molar-refractivity contribution in [2.24, 2.45) is 11.3 Å². The summed E-state index contributed by atoms with van der Waals surface area (Å²) in [6.07, 6.45) is 7.03. The minimum Gasteiger partial charge on any atom is -0.396 e. The fourth-order valence-corrected chi connectivity index (χ4v) is 3.15. The molecule has 1 aliphatic carbocycles. The first-order chi connectivity index (χ1) is 7.52. The van der Waals surface area contributed by atoms with Gasteiger partial charge in [-0.15, -0.1) is 6.58 Å². The molecule has 0 spiro atoms. The van der Waals surface area contributed by atoms with Crippen molar-refractivity contribution >= 4 is 0 Å². The number of aliphatic hydroxyl groups is 1. The molecule has 0 heterocycles. The third kappa shape index (κ3) is 2.98. The van der Waals surface area contributed by atoms with Crippen molar-refractivity contribution in [2.45, 2.75) is 52.4 Å². The first kappa shape index (κ1) is 13.5. The van der Waals surface area contributed by atoms with Gasteiger partial charge in [-0.25, -0.2) is 0 Å². The van der Waals surface area contributed by atoms with Gasteiger partial charge in [0.2, 0.25) is 0 Å². The van der Waals surface area contributed by atoms with Crippen LogP contribution in [-0.4, -0.2) is 11.7 Å². The molecule has 0 bridgehead atoms. The number of hydrogen-bond donors (Lipinski definition) is 1. The normalized spacial score (nSPS) is 28.6. The Morgan fingerprint density at radius 1 is 1.31 bits per heavy atom. The Balaban J connectivity index is 2.52. The van der Waals surface area contributed by atoms with E-state index in [0.717, 1.165) is 12.8 Å². The summed E-state index contributed by atoms with van der Waals surface area (Å²) in [5, 5.41) is 9.23. The summed E-state index contributed by atoms with van der Waals surface area (Å²) < 4.78 is 0. The molecule has 1 fully saturated rings. The van der Waals surface area contributed by atoms with E-state index in [4.69, 9.17) is 0 Å². The fourth-order valence-electron chi connectivity index (χ4n) is 3.15. The van der Waals surface area contributed by atoms with Gasteiger partial charge in [0.25, 0.3) is 0 Å². The van der Waals surface area contributed by atoms with E-state index < -0.39 is 0 Å². The summed E-state index contributed by atoms with van der Waals surface area (Å²) in [6.45, 7) is 12.6. The average Bonchev–Trinajstić information content (AvgIpc) is 2.13. The molecule has 0 radical (unpaired) electrons. The fraction of sp³-hybridized carbons (Fsp3) is 0.733. The molecule has 1 saturated carbocycles. The maximum absolute atomic E-state index is 9.23. The Kier molecular flexibility index (Phi) is 4.79. The Morgan fingerprint density at radius 2 is 2.00 bits per heavy atom. The van der Waals surface area contributed by atoms with E-state index in [1.807, 2.05) is 0 Å². The SMILES string of the molecule is C=C(C)CCC[C@]1(CCO)CC[C@H]1C(=C)C. The molecule has 1 aliphatic rings. The lowest BCUT2D eigenvalue weighted by atomic mass is 9.54. The molecular weight excluding hydrogens is 196 g/mol. The van der Waals surface area contributed by atoms with E-state index in [9.17, 15) is 5.11 Å². The van der Waals surface area contributed by atoms with Crippen LogP contribution in [0.5, 0.6) is 0 Å². The number of rotatable bonds is 7. The van der Waals surface area contributed by atoms with Crippen LogP contribution in [0.1, 0.15) is 52.4 Å². The Hall–Kier alpha value is -0.560. The van der Waals surface area contributed by atoms with E-state index >= 15 is 0 Å². The summed E-state index contributed by atoms with van der Waals surface area (Å²) in [4.78, 5) is 0. The molecule has 16 heavy (non-hydrogen) atoms. The molecule has 0 aromatic rings. The topological polar surface area (TPSA) is 20.2 Å². The first-order valence-electron chi connectivity index (χ1n) is 6.42. The van der Waals surface area contributed by atoms with Gasteiger partial charge in [-0.1, -0.05) is 17.7 Å². The van der Waals surface area contributed by atoms with Gasteiger partial charge in [0.05, 0.1) is 0 Å². The number of allylic oxidation sites excluding steroid dienone is 2. The molecule has 0 aromatic carbocycles. The van der Waals surface area contributed by atoms with Crippen LogP contribution >= 0.6 is 0 Å². The maximum Gasteiger partial charge on any atom is 0.0436 e. The smallest absolute Gasteiger partial charge is 0.0436 e. The van der Waals surface area contributed by atoms with Crippen molar-refractivity contribution in [1.82, 2.24) is 0 Å². The lowest BCUT2D eigenvalue weighted by molar-refractivity contribution is 0.0163. The Morgan fingerprint density at radius 3 is 2.38 bits per heavy atom. The van der Waals surface area contributed by atoms with Crippen molar-refractivity contribution in [1.29, 1.82) is 0 Å². The van der Waals surface area contributed by atoms with Crippen molar-refractivity contribution in [2.75, 3.05) is 6.61 Å². The number of aliphatic hydroxyl groups excluding tert-OH is 1. The molecule has 0 unspecified atom stereocenters. The first-order valence-corrected chi connectivity index (χ1v) is 6.42. The standard InChI is InChI=1S/C15H26O/c1-12(2)6-5-8-15(10-11-16)9-7-14(15)13(3)4/h14,16H,1,3,5-11H2,2,4H3/t14-,15+/m0/s1. The number of hydrogen-bond acceptors (Lipinski definition) is 1. The maximum atomic E-state index is 9.23. The largest absolute Gasteiger partial charge is 0.396 e. The molecule has 2 atom stereocenters. The summed E-state index contributed by atoms with van der Waals surface area (Å²) in [5.41, 5.74) is 2.93. The van der Waals surface area contributed by atoms with Crippen LogP contribution < -0.4 is 0 Å². The van der Waals surface area contributed by atoms with E-state index in [-0.39, 0.29) is 0 Å². The molecule has 0 amide bonds. The molecule has 92 valence electrons. The zero-order chi connectivity index (χ0) is 12.2. The monoisotopic (exact) mass is 222 g/mol. The van der Waals surface area contributed by atoms with Crippen LogP contribution in [0.4, 0.5) is 0 Å². The Labute approximate surface area is 100 Å². The van der Waals surface area contributed by atoms with Gasteiger partial charge in [-0.3, -0.25) is 0 Å². The second kappa shape index (κ2) is 5.67. The van der Waals surface area contributed by atoms with E-state index in [1.165, 1.54) is 36.8 Å². The van der Waals surface area contributed by atoms with Crippen LogP contribution in [0, 0.1) is 11.3 Å². The predicted octanol–water partition coefficient (Wildman–Crippen LogP) is 4.09. The zero-order valence-electron chi connectivity index (χ0n) is 10.9. The van der Waals surface area contributed by atoms with Crippen LogP contribution in [0.3, 0.4) is 0 Å². The lowest BCUT2D eigenvalue weighted by Crippen LogP contribution is -2.41. The molecule has 1 heteroatoms. The van der Waals surface area contributed by atoms with Gasteiger partial charge in [-0.05, 0) is 63.7 Å². The van der Waals surface area contributed by atoms with Crippen molar-refractivity contribution in [3.8, 4) is 0 Å². The minimum atomic E-state index is 0.316. The Bertz CT molecular complexity index is 267. The molecule has 0 aromatic heterocycles. The molecule has 1 rings (SSSR count). The van der Waals surface area contributed by atoms with Gasteiger partial charge in [0, 0.05) is 6.61 Å². The van der Waals surface area contributed by atoms with E-state index in [2.05, 4.69) is 27.0 Å². The molecule has 1 N–H and O–H groups in total. The van der Waals surface area contributed by atoms with Crippen molar-refractivity contribution in [3.05, 3.63) is 24.3 Å². The molecule has 0 saturated heterocycles. The highest BCUT2D eigenvalue weighted by atomic mass is 16.3. The van der Waals surface area contributed by atoms with Crippen molar-refractivity contribution in [3.63, 3.8) is 0 Å². The van der Waals surface area contributed by atoms with Crippen LogP contribution in [0.25, 0.3) is 0 Å². The third-order valence-corrected chi connectivity index (χ3v) is 4.15. The predicted molar refractivity (Wildman–Crippen MR) is 70.3 cm³/mol. The van der Waals surface area contributed by atoms with E-state index in [0.29, 0.717) is 17.9 Å². The minimum absolute atomic E-state index is 0.316. The van der Waals surface area contributed by atoms with Gasteiger partial charge in [0.15, 0.2) is 0 Å². The highest BCUT2D eigenvalue weighted by Gasteiger charge is 2.45. The van der Waals surface area contributed by atoms with Crippen LogP contribution in [0.2, 0.25) is 0 Å². The average molecular weight is 222 g/mol. The van der Waals surface area contributed by atoms with Gasteiger partial charge >= 0.3 is 0 Å². The summed E-state index contributed by atoms with van der Waals surface area (Å²) >= 11 is 0. The van der Waals surface area contributed by atoms with Gasteiger partial charge < -0.3 is 5.11 Å². The molecule has 1 nitrogen and oxygen atoms in total. The van der Waals surface area contributed by atoms with Crippen LogP contribution in [-0.2, 0) is 0 Å².